The topological polar surface area (TPSA) is 113 Å². The summed E-state index contributed by atoms with van der Waals surface area (Å²) in [6.07, 6.45) is 9.66. The van der Waals surface area contributed by atoms with Crippen molar-refractivity contribution in [1.82, 2.24) is 0 Å². The molecular formula is C51H56O11. The summed E-state index contributed by atoms with van der Waals surface area (Å²) in [5.41, 5.74) is 6.94. The van der Waals surface area contributed by atoms with E-state index in [2.05, 4.69) is 44.2 Å². The number of hydrogen-bond donors (Lipinski definition) is 1. The minimum atomic E-state index is -0.697. The first-order chi connectivity index (χ1) is 29.8. The third kappa shape index (κ3) is 7.12. The molecule has 7 aliphatic rings. The lowest BCUT2D eigenvalue weighted by Gasteiger charge is -2.45. The molecule has 0 radical (unpaired) electrons. The van der Waals surface area contributed by atoms with Gasteiger partial charge in [-0.3, -0.25) is 0 Å². The number of aliphatic hydroxyl groups excluding tert-OH is 1. The zero-order valence-electron chi connectivity index (χ0n) is 36.7. The van der Waals surface area contributed by atoms with Crippen LogP contribution in [-0.4, -0.2) is 68.8 Å². The highest BCUT2D eigenvalue weighted by Crippen LogP contribution is 2.56. The molecule has 1 saturated heterocycles. The van der Waals surface area contributed by atoms with Crippen molar-refractivity contribution in [3.63, 3.8) is 0 Å². The van der Waals surface area contributed by atoms with Crippen LogP contribution in [0.5, 0.6) is 46.0 Å². The molecule has 7 atom stereocenters. The fourth-order valence-electron chi connectivity index (χ4n) is 9.91. The molecule has 4 aromatic rings. The molecule has 0 spiro atoms. The second-order valence-electron chi connectivity index (χ2n) is 18.4. The predicted molar refractivity (Wildman–Crippen MR) is 234 cm³/mol. The number of methoxy groups -OCH3 is 2. The van der Waals surface area contributed by atoms with Crippen LogP contribution in [-0.2, 0) is 9.47 Å². The zero-order chi connectivity index (χ0) is 43.1. The summed E-state index contributed by atoms with van der Waals surface area (Å²) in [4.78, 5) is 0. The number of benzene rings is 4. The van der Waals surface area contributed by atoms with Gasteiger partial charge >= 0.3 is 0 Å². The second-order valence-corrected chi connectivity index (χ2v) is 18.4. The van der Waals surface area contributed by atoms with E-state index in [1.807, 2.05) is 70.2 Å². The predicted octanol–water partition coefficient (Wildman–Crippen LogP) is 9.87. The van der Waals surface area contributed by atoms with Crippen LogP contribution in [0, 0.1) is 13.8 Å². The molecule has 0 bridgehead atoms. The van der Waals surface area contributed by atoms with Crippen molar-refractivity contribution >= 4 is 12.2 Å². The van der Waals surface area contributed by atoms with Gasteiger partial charge in [-0.15, -0.1) is 0 Å². The Kier molecular flexibility index (Phi) is 10.2. The van der Waals surface area contributed by atoms with Gasteiger partial charge in [-0.2, -0.15) is 0 Å². The maximum absolute atomic E-state index is 11.3. The van der Waals surface area contributed by atoms with E-state index in [1.54, 1.807) is 14.2 Å². The Morgan fingerprint density at radius 1 is 0.629 bits per heavy atom. The number of fused-ring (bicyclic) bond motifs is 12. The molecular weight excluding hydrogens is 789 g/mol. The Hall–Kier alpha value is -5.36. The molecule has 4 aromatic carbocycles. The fourth-order valence-corrected chi connectivity index (χ4v) is 9.91. The average Bonchev–Trinajstić information content (AvgIpc) is 3.25. The molecule has 11 rings (SSSR count). The molecule has 7 heterocycles. The van der Waals surface area contributed by atoms with E-state index in [9.17, 15) is 5.11 Å². The SMILES string of the molecule is COc1cc2c(cc1C)OC[C@H]1Oc3c(ccc4c3C=CC(C)(C)O4)[C@@H](O)[C@@H]21.COc1cc2c(cc1C)OC[C@H]1Oc3c(ccc4c3C=CC(C)(C)O4)[C@@H](OC3CCCCO3)[C@@H]21. The van der Waals surface area contributed by atoms with Gasteiger partial charge in [-0.1, -0.05) is 0 Å². The second kappa shape index (κ2) is 15.5. The van der Waals surface area contributed by atoms with Crippen LogP contribution in [0.15, 0.2) is 60.7 Å². The molecule has 1 fully saturated rings. The van der Waals surface area contributed by atoms with Crippen LogP contribution < -0.4 is 37.9 Å². The number of aliphatic hydroxyl groups is 1. The third-order valence-electron chi connectivity index (χ3n) is 13.1. The van der Waals surface area contributed by atoms with Crippen molar-refractivity contribution in [2.45, 2.75) is 115 Å². The summed E-state index contributed by atoms with van der Waals surface area (Å²) in [6.45, 7) is 13.7. The van der Waals surface area contributed by atoms with Crippen molar-refractivity contribution in [3.8, 4) is 46.0 Å². The Bertz CT molecular complexity index is 2460. The van der Waals surface area contributed by atoms with Crippen LogP contribution >= 0.6 is 0 Å². The van der Waals surface area contributed by atoms with Gasteiger partial charge in [-0.05, 0) is 145 Å². The van der Waals surface area contributed by atoms with Crippen molar-refractivity contribution in [1.29, 1.82) is 0 Å². The Morgan fingerprint density at radius 2 is 1.16 bits per heavy atom. The summed E-state index contributed by atoms with van der Waals surface area (Å²) in [5, 5.41) is 11.3. The van der Waals surface area contributed by atoms with Crippen LogP contribution in [0.3, 0.4) is 0 Å². The summed E-state index contributed by atoms with van der Waals surface area (Å²) in [5.74, 6) is 6.12. The van der Waals surface area contributed by atoms with E-state index in [0.29, 0.717) is 19.0 Å². The van der Waals surface area contributed by atoms with Crippen molar-refractivity contribution in [2.75, 3.05) is 34.0 Å². The van der Waals surface area contributed by atoms with Crippen molar-refractivity contribution in [2.24, 2.45) is 0 Å². The normalized spacial score (nSPS) is 27.1. The van der Waals surface area contributed by atoms with E-state index >= 15 is 0 Å². The molecule has 1 unspecified atom stereocenters. The lowest BCUT2D eigenvalue weighted by Crippen LogP contribution is -2.44. The summed E-state index contributed by atoms with van der Waals surface area (Å²) < 4.78 is 61.4. The van der Waals surface area contributed by atoms with Gasteiger partial charge in [0.05, 0.1) is 49.4 Å². The highest BCUT2D eigenvalue weighted by atomic mass is 16.7. The van der Waals surface area contributed by atoms with Gasteiger partial charge in [-0.25, -0.2) is 0 Å². The summed E-state index contributed by atoms with van der Waals surface area (Å²) in [7, 11) is 3.35. The number of aryl methyl sites for hydroxylation is 2. The van der Waals surface area contributed by atoms with Crippen LogP contribution in [0.2, 0.25) is 0 Å². The smallest absolute Gasteiger partial charge is 0.158 e. The first-order valence-electron chi connectivity index (χ1n) is 21.8. The summed E-state index contributed by atoms with van der Waals surface area (Å²) in [6, 6.07) is 16.0. The third-order valence-corrected chi connectivity index (χ3v) is 13.1. The molecule has 7 aliphatic heterocycles. The van der Waals surface area contributed by atoms with Gasteiger partial charge in [0.2, 0.25) is 0 Å². The van der Waals surface area contributed by atoms with E-state index in [1.165, 1.54) is 0 Å². The van der Waals surface area contributed by atoms with Gasteiger partial charge in [0.25, 0.3) is 0 Å². The maximum atomic E-state index is 11.3. The molecule has 0 amide bonds. The monoisotopic (exact) mass is 844 g/mol. The molecule has 0 aromatic heterocycles. The minimum absolute atomic E-state index is 0.0424. The lowest BCUT2D eigenvalue weighted by molar-refractivity contribution is -0.204. The number of ether oxygens (including phenoxy) is 10. The van der Waals surface area contributed by atoms with Crippen LogP contribution in [0.25, 0.3) is 12.2 Å². The first-order valence-corrected chi connectivity index (χ1v) is 21.8. The molecule has 62 heavy (non-hydrogen) atoms. The standard InChI is InChI=1S/C28H32O6.C23H24O5/c1-16-13-22-19(14-21(16)29-4)25-23(15-31-22)32-26-17-10-11-28(2,3)34-20(17)9-8-18(26)27(25)33-24-7-5-6-12-30-24;1-12-9-18-15(10-17(12)25-4)20-19(11-26-18)27-22-13-7-8-23(2,3)28-16(13)6-5-14(22)21(20)24/h8-11,13-14,23-25,27H,5-7,12,15H2,1-4H3;5-10,19-21,24H,11H2,1-4H3/t23-,24?,25+,27-;19-,20+,21-/m11/s1. The Labute approximate surface area is 363 Å². The fraction of sp³-hybridized carbons (Fsp3) is 0.451. The molecule has 326 valence electrons. The quantitative estimate of drug-likeness (QED) is 0.212. The highest BCUT2D eigenvalue weighted by molar-refractivity contribution is 5.72. The van der Waals surface area contributed by atoms with Crippen molar-refractivity contribution < 1.29 is 52.5 Å². The Morgan fingerprint density at radius 3 is 1.71 bits per heavy atom. The molecule has 11 nitrogen and oxygen atoms in total. The number of hydrogen-bond acceptors (Lipinski definition) is 11. The van der Waals surface area contributed by atoms with Crippen LogP contribution in [0.1, 0.15) is 116 Å². The number of rotatable bonds is 4. The average molecular weight is 845 g/mol. The van der Waals surface area contributed by atoms with Gasteiger partial charge in [0.1, 0.15) is 82.6 Å². The van der Waals surface area contributed by atoms with E-state index in [-0.39, 0.29) is 47.6 Å². The van der Waals surface area contributed by atoms with E-state index in [4.69, 9.17) is 47.4 Å². The van der Waals surface area contributed by atoms with Crippen molar-refractivity contribution in [3.05, 3.63) is 105 Å². The van der Waals surface area contributed by atoms with Crippen LogP contribution in [0.4, 0.5) is 0 Å². The molecule has 11 heteroatoms. The van der Waals surface area contributed by atoms with E-state index < -0.39 is 6.10 Å². The van der Waals surface area contributed by atoms with Gasteiger partial charge in [0.15, 0.2) is 6.29 Å². The maximum Gasteiger partial charge on any atom is 0.158 e. The molecule has 0 saturated carbocycles. The lowest BCUT2D eigenvalue weighted by atomic mass is 9.79. The zero-order valence-corrected chi connectivity index (χ0v) is 36.7. The minimum Gasteiger partial charge on any atom is -0.496 e. The first kappa shape index (κ1) is 40.7. The Balaban J connectivity index is 0.000000151. The molecule has 1 N–H and O–H groups in total. The van der Waals surface area contributed by atoms with Gasteiger partial charge < -0.3 is 52.5 Å². The molecule has 0 aliphatic carbocycles. The van der Waals surface area contributed by atoms with Gasteiger partial charge in [0, 0.05) is 28.9 Å². The summed E-state index contributed by atoms with van der Waals surface area (Å²) >= 11 is 0. The largest absolute Gasteiger partial charge is 0.496 e. The van der Waals surface area contributed by atoms with E-state index in [0.717, 1.165) is 111 Å². The highest BCUT2D eigenvalue weighted by Gasteiger charge is 2.48.